The maximum atomic E-state index is 4.37. The van der Waals surface area contributed by atoms with Crippen molar-refractivity contribution < 1.29 is 0 Å². The van der Waals surface area contributed by atoms with Crippen LogP contribution in [-0.4, -0.2) is 0 Å². The second kappa shape index (κ2) is 7.81. The lowest BCUT2D eigenvalue weighted by molar-refractivity contribution is 0.156. The Balaban J connectivity index is 5.14. The largest absolute Gasteiger partial charge is 0.0953 e. The number of hydrogen-bond donors (Lipinski definition) is 0. The molecule has 0 aromatic rings. The van der Waals surface area contributed by atoms with Crippen molar-refractivity contribution in [1.82, 2.24) is 0 Å². The van der Waals surface area contributed by atoms with Gasteiger partial charge in [0.2, 0.25) is 0 Å². The molecule has 0 saturated carbocycles. The summed E-state index contributed by atoms with van der Waals surface area (Å²) in [7, 11) is 0. The molecule has 0 aliphatic rings. The lowest BCUT2D eigenvalue weighted by Gasteiger charge is -2.41. The summed E-state index contributed by atoms with van der Waals surface area (Å²) in [6, 6.07) is 0. The summed E-state index contributed by atoms with van der Waals surface area (Å²) >= 11 is 0. The van der Waals surface area contributed by atoms with Gasteiger partial charge >= 0.3 is 0 Å². The molecule has 106 valence electrons. The van der Waals surface area contributed by atoms with Crippen LogP contribution < -0.4 is 0 Å². The van der Waals surface area contributed by atoms with Crippen LogP contribution in [0.15, 0.2) is 24.3 Å². The van der Waals surface area contributed by atoms with E-state index in [-0.39, 0.29) is 0 Å². The molecule has 0 bridgehead atoms. The van der Waals surface area contributed by atoms with Gasteiger partial charge in [0.1, 0.15) is 0 Å². The SMILES string of the molecule is C=C(/C=C\CC)C(CC)(CC)CC(C)(CC)CC. The van der Waals surface area contributed by atoms with E-state index < -0.39 is 0 Å². The highest BCUT2D eigenvalue weighted by molar-refractivity contribution is 5.24. The molecule has 0 heteroatoms. The van der Waals surface area contributed by atoms with Gasteiger partial charge in [0, 0.05) is 0 Å². The summed E-state index contributed by atoms with van der Waals surface area (Å²) in [6.45, 7) is 18.3. The summed E-state index contributed by atoms with van der Waals surface area (Å²) in [6.07, 6.45) is 11.8. The van der Waals surface area contributed by atoms with Crippen molar-refractivity contribution in [3.8, 4) is 0 Å². The minimum atomic E-state index is 0.298. The molecule has 0 heterocycles. The molecule has 0 radical (unpaired) electrons. The fourth-order valence-corrected chi connectivity index (χ4v) is 2.82. The van der Waals surface area contributed by atoms with E-state index in [2.05, 4.69) is 60.3 Å². The average molecular weight is 250 g/mol. The van der Waals surface area contributed by atoms with Crippen LogP contribution in [0, 0.1) is 10.8 Å². The summed E-state index contributed by atoms with van der Waals surface area (Å²) in [4.78, 5) is 0. The first-order chi connectivity index (χ1) is 8.43. The monoisotopic (exact) mass is 250 g/mol. The number of rotatable bonds is 9. The van der Waals surface area contributed by atoms with E-state index in [1.165, 1.54) is 37.7 Å². The first kappa shape index (κ1) is 17.5. The predicted molar refractivity (Wildman–Crippen MR) is 84.9 cm³/mol. The van der Waals surface area contributed by atoms with Crippen molar-refractivity contribution in [1.29, 1.82) is 0 Å². The van der Waals surface area contributed by atoms with Crippen LogP contribution in [0.4, 0.5) is 0 Å². The number of hydrogen-bond acceptors (Lipinski definition) is 0. The predicted octanol–water partition coefficient (Wildman–Crippen LogP) is 6.53. The molecule has 0 amide bonds. The first-order valence-electron chi connectivity index (χ1n) is 7.79. The fourth-order valence-electron chi connectivity index (χ4n) is 2.82. The minimum Gasteiger partial charge on any atom is -0.0953 e. The van der Waals surface area contributed by atoms with Gasteiger partial charge < -0.3 is 0 Å². The Morgan fingerprint density at radius 1 is 0.944 bits per heavy atom. The summed E-state index contributed by atoms with van der Waals surface area (Å²) in [5.41, 5.74) is 2.09. The van der Waals surface area contributed by atoms with Gasteiger partial charge in [-0.1, -0.05) is 73.1 Å². The Hall–Kier alpha value is -0.520. The van der Waals surface area contributed by atoms with E-state index in [4.69, 9.17) is 0 Å². The highest BCUT2D eigenvalue weighted by atomic mass is 14.4. The summed E-state index contributed by atoms with van der Waals surface area (Å²) in [5.74, 6) is 0. The smallest absolute Gasteiger partial charge is 0.00530 e. The van der Waals surface area contributed by atoms with Gasteiger partial charge in [-0.15, -0.1) is 0 Å². The van der Waals surface area contributed by atoms with Crippen molar-refractivity contribution >= 4 is 0 Å². The van der Waals surface area contributed by atoms with Crippen molar-refractivity contribution in [2.75, 3.05) is 0 Å². The lowest BCUT2D eigenvalue weighted by Crippen LogP contribution is -2.29. The average Bonchev–Trinajstić information content (AvgIpc) is 2.42. The highest BCUT2D eigenvalue weighted by Crippen LogP contribution is 2.47. The molecule has 0 N–H and O–H groups in total. The van der Waals surface area contributed by atoms with Crippen molar-refractivity contribution in [3.63, 3.8) is 0 Å². The molecule has 0 unspecified atom stereocenters. The van der Waals surface area contributed by atoms with Crippen LogP contribution >= 0.6 is 0 Å². The van der Waals surface area contributed by atoms with Gasteiger partial charge in [-0.05, 0) is 42.1 Å². The molecule has 0 aromatic heterocycles. The van der Waals surface area contributed by atoms with Crippen LogP contribution in [0.1, 0.15) is 80.1 Å². The van der Waals surface area contributed by atoms with Crippen LogP contribution in [-0.2, 0) is 0 Å². The van der Waals surface area contributed by atoms with Crippen LogP contribution in [0.25, 0.3) is 0 Å². The third kappa shape index (κ3) is 4.30. The molecular formula is C18H34. The molecule has 0 aliphatic heterocycles. The molecule has 0 rings (SSSR count). The lowest BCUT2D eigenvalue weighted by atomic mass is 9.64. The molecule has 0 atom stereocenters. The Bertz CT molecular complexity index is 262. The molecule has 18 heavy (non-hydrogen) atoms. The third-order valence-corrected chi connectivity index (χ3v) is 5.06. The second-order valence-corrected chi connectivity index (χ2v) is 6.02. The van der Waals surface area contributed by atoms with Gasteiger partial charge in [-0.3, -0.25) is 0 Å². The fraction of sp³-hybridized carbons (Fsp3) is 0.778. The van der Waals surface area contributed by atoms with Crippen LogP contribution in [0.5, 0.6) is 0 Å². The van der Waals surface area contributed by atoms with E-state index in [0.717, 1.165) is 6.42 Å². The Labute approximate surface area is 116 Å². The normalized spacial score (nSPS) is 13.2. The topological polar surface area (TPSA) is 0 Å². The number of allylic oxidation sites excluding steroid dienone is 3. The zero-order valence-electron chi connectivity index (χ0n) is 13.6. The van der Waals surface area contributed by atoms with E-state index in [1.54, 1.807) is 0 Å². The maximum Gasteiger partial charge on any atom is -0.00530 e. The zero-order valence-corrected chi connectivity index (χ0v) is 13.6. The van der Waals surface area contributed by atoms with Crippen molar-refractivity contribution in [2.24, 2.45) is 10.8 Å². The Morgan fingerprint density at radius 3 is 1.78 bits per heavy atom. The first-order valence-corrected chi connectivity index (χ1v) is 7.79. The van der Waals surface area contributed by atoms with Crippen molar-refractivity contribution in [2.45, 2.75) is 80.1 Å². The Kier molecular flexibility index (Phi) is 7.59. The molecule has 0 aromatic carbocycles. The molecule has 0 nitrogen and oxygen atoms in total. The van der Waals surface area contributed by atoms with E-state index in [1.807, 2.05) is 0 Å². The maximum absolute atomic E-state index is 4.37. The summed E-state index contributed by atoms with van der Waals surface area (Å²) in [5, 5.41) is 0. The standard InChI is InChI=1S/C18H34/c1-8-13-14-16(6)18(11-4,12-5)15-17(7,9-2)10-3/h13-14H,6,8-12,15H2,1-5,7H3/b14-13-. The van der Waals surface area contributed by atoms with Crippen molar-refractivity contribution in [3.05, 3.63) is 24.3 Å². The van der Waals surface area contributed by atoms with Gasteiger partial charge in [-0.2, -0.15) is 0 Å². The molecule has 0 spiro atoms. The summed E-state index contributed by atoms with van der Waals surface area (Å²) < 4.78 is 0. The van der Waals surface area contributed by atoms with Gasteiger partial charge in [-0.25, -0.2) is 0 Å². The second-order valence-electron chi connectivity index (χ2n) is 6.02. The van der Waals surface area contributed by atoms with Gasteiger partial charge in [0.15, 0.2) is 0 Å². The minimum absolute atomic E-state index is 0.298. The zero-order chi connectivity index (χ0) is 14.2. The Morgan fingerprint density at radius 2 is 1.44 bits per heavy atom. The molecular weight excluding hydrogens is 216 g/mol. The molecule has 0 fully saturated rings. The van der Waals surface area contributed by atoms with E-state index in [9.17, 15) is 0 Å². The molecule has 0 saturated heterocycles. The quantitative estimate of drug-likeness (QED) is 0.408. The third-order valence-electron chi connectivity index (χ3n) is 5.06. The van der Waals surface area contributed by atoms with E-state index >= 15 is 0 Å². The van der Waals surface area contributed by atoms with Gasteiger partial charge in [0.05, 0.1) is 0 Å². The van der Waals surface area contributed by atoms with E-state index in [0.29, 0.717) is 10.8 Å². The van der Waals surface area contributed by atoms with Crippen LogP contribution in [0.2, 0.25) is 0 Å². The highest BCUT2D eigenvalue weighted by Gasteiger charge is 2.35. The van der Waals surface area contributed by atoms with Gasteiger partial charge in [0.25, 0.3) is 0 Å². The van der Waals surface area contributed by atoms with Crippen LogP contribution in [0.3, 0.4) is 0 Å². The molecule has 0 aliphatic carbocycles.